The summed E-state index contributed by atoms with van der Waals surface area (Å²) in [7, 11) is 0. The molecule has 1 aliphatic carbocycles. The van der Waals surface area contributed by atoms with Crippen molar-refractivity contribution < 1.29 is 9.53 Å². The van der Waals surface area contributed by atoms with E-state index in [0.29, 0.717) is 18.9 Å². The number of carbonyl (C=O) groups excluding carboxylic acids is 1. The van der Waals surface area contributed by atoms with Crippen molar-refractivity contribution in [2.24, 2.45) is 5.92 Å². The Balaban J connectivity index is 1.89. The van der Waals surface area contributed by atoms with Crippen LogP contribution in [0.3, 0.4) is 0 Å². The van der Waals surface area contributed by atoms with E-state index in [2.05, 4.69) is 19.9 Å². The molecule has 1 aromatic carbocycles. The number of aryl methyl sites for hydroxylation is 1. The number of hydrogen-bond acceptors (Lipinski definition) is 2. The Bertz CT molecular complexity index is 512. The molecule has 20 heavy (non-hydrogen) atoms. The van der Waals surface area contributed by atoms with Crippen molar-refractivity contribution in [3.05, 3.63) is 28.8 Å². The van der Waals surface area contributed by atoms with Crippen LogP contribution in [0.4, 0.5) is 0 Å². The van der Waals surface area contributed by atoms with Crippen LogP contribution in [0, 0.1) is 12.8 Å². The number of ketones is 1. The molecule has 108 valence electrons. The standard InChI is InChI=1S/C18H24O2/c1-12-9-15(13(2)11-14-5-3-4-6-14)18-16(10-12)17(19)7-8-20-18/h9-10,13-14H,3-8,11H2,1-2H3. The molecule has 1 aliphatic heterocycles. The van der Waals surface area contributed by atoms with E-state index in [0.717, 1.165) is 17.2 Å². The Morgan fingerprint density at radius 2 is 2.05 bits per heavy atom. The van der Waals surface area contributed by atoms with E-state index in [4.69, 9.17) is 4.74 Å². The van der Waals surface area contributed by atoms with E-state index >= 15 is 0 Å². The van der Waals surface area contributed by atoms with Gasteiger partial charge >= 0.3 is 0 Å². The largest absolute Gasteiger partial charge is 0.492 e. The predicted octanol–water partition coefficient (Wildman–Crippen LogP) is 4.64. The van der Waals surface area contributed by atoms with Crippen LogP contribution < -0.4 is 4.74 Å². The monoisotopic (exact) mass is 272 g/mol. The van der Waals surface area contributed by atoms with E-state index in [1.807, 2.05) is 6.07 Å². The maximum Gasteiger partial charge on any atom is 0.170 e. The minimum Gasteiger partial charge on any atom is -0.492 e. The second-order valence-corrected chi connectivity index (χ2v) is 6.54. The lowest BCUT2D eigenvalue weighted by molar-refractivity contribution is 0.0932. The normalized spacial score (nSPS) is 20.6. The molecule has 1 fully saturated rings. The topological polar surface area (TPSA) is 26.3 Å². The number of hydrogen-bond donors (Lipinski definition) is 0. The molecule has 0 aromatic heterocycles. The molecule has 2 heteroatoms. The van der Waals surface area contributed by atoms with Gasteiger partial charge < -0.3 is 4.74 Å². The highest BCUT2D eigenvalue weighted by Crippen LogP contribution is 2.40. The SMILES string of the molecule is Cc1cc2c(c(C(C)CC3CCCC3)c1)OCCC2=O. The summed E-state index contributed by atoms with van der Waals surface area (Å²) >= 11 is 0. The van der Waals surface area contributed by atoms with Gasteiger partial charge in [0.15, 0.2) is 5.78 Å². The molecule has 2 aliphatic rings. The van der Waals surface area contributed by atoms with Gasteiger partial charge in [0.25, 0.3) is 0 Å². The third-order valence-electron chi connectivity index (χ3n) is 4.83. The van der Waals surface area contributed by atoms with Gasteiger partial charge in [0.1, 0.15) is 5.75 Å². The quantitative estimate of drug-likeness (QED) is 0.801. The summed E-state index contributed by atoms with van der Waals surface area (Å²) in [6, 6.07) is 4.21. The Labute approximate surface area is 121 Å². The summed E-state index contributed by atoms with van der Waals surface area (Å²) in [5, 5.41) is 0. The molecule has 0 amide bonds. The lowest BCUT2D eigenvalue weighted by Gasteiger charge is -2.25. The van der Waals surface area contributed by atoms with Gasteiger partial charge in [-0.1, -0.05) is 38.7 Å². The zero-order valence-electron chi connectivity index (χ0n) is 12.6. The molecule has 0 N–H and O–H groups in total. The average molecular weight is 272 g/mol. The summed E-state index contributed by atoms with van der Waals surface area (Å²) in [4.78, 5) is 12.1. The Morgan fingerprint density at radius 3 is 2.80 bits per heavy atom. The van der Waals surface area contributed by atoms with E-state index in [9.17, 15) is 4.79 Å². The van der Waals surface area contributed by atoms with Gasteiger partial charge in [0.2, 0.25) is 0 Å². The predicted molar refractivity (Wildman–Crippen MR) is 80.6 cm³/mol. The zero-order chi connectivity index (χ0) is 14.1. The second-order valence-electron chi connectivity index (χ2n) is 6.54. The molecular weight excluding hydrogens is 248 g/mol. The van der Waals surface area contributed by atoms with Gasteiger partial charge in [0.05, 0.1) is 12.2 Å². The van der Waals surface area contributed by atoms with E-state index < -0.39 is 0 Å². The molecule has 3 rings (SSSR count). The smallest absolute Gasteiger partial charge is 0.170 e. The van der Waals surface area contributed by atoms with E-state index in [1.54, 1.807) is 0 Å². The summed E-state index contributed by atoms with van der Waals surface area (Å²) < 4.78 is 5.84. The highest BCUT2D eigenvalue weighted by molar-refractivity contribution is 6.00. The average Bonchev–Trinajstić information content (AvgIpc) is 2.92. The van der Waals surface area contributed by atoms with Crippen LogP contribution in [0.1, 0.15) is 72.9 Å². The maximum absolute atomic E-state index is 12.1. The molecule has 0 saturated heterocycles. The van der Waals surface area contributed by atoms with Crippen LogP contribution in [-0.4, -0.2) is 12.4 Å². The van der Waals surface area contributed by atoms with Crippen molar-refractivity contribution in [1.29, 1.82) is 0 Å². The Hall–Kier alpha value is -1.31. The maximum atomic E-state index is 12.1. The third-order valence-corrected chi connectivity index (χ3v) is 4.83. The van der Waals surface area contributed by atoms with Gasteiger partial charge in [-0.3, -0.25) is 4.79 Å². The molecular formula is C18H24O2. The van der Waals surface area contributed by atoms with Crippen molar-refractivity contribution in [3.8, 4) is 5.75 Å². The number of carbonyl (C=O) groups is 1. The number of Topliss-reactive ketones (excluding diaryl/α,β-unsaturated/α-hetero) is 1. The van der Waals surface area contributed by atoms with Crippen LogP contribution >= 0.6 is 0 Å². The second kappa shape index (κ2) is 5.59. The first-order valence-corrected chi connectivity index (χ1v) is 7.95. The molecule has 0 bridgehead atoms. The van der Waals surface area contributed by atoms with Crippen molar-refractivity contribution in [3.63, 3.8) is 0 Å². The molecule has 1 heterocycles. The van der Waals surface area contributed by atoms with Gasteiger partial charge in [-0.2, -0.15) is 0 Å². The molecule has 1 atom stereocenters. The summed E-state index contributed by atoms with van der Waals surface area (Å²) in [6.07, 6.45) is 7.27. The molecule has 2 nitrogen and oxygen atoms in total. The zero-order valence-corrected chi connectivity index (χ0v) is 12.6. The number of benzene rings is 1. The van der Waals surface area contributed by atoms with E-state index in [1.165, 1.54) is 43.2 Å². The minimum atomic E-state index is 0.240. The fourth-order valence-corrected chi connectivity index (χ4v) is 3.79. The van der Waals surface area contributed by atoms with Crippen LogP contribution in [0.25, 0.3) is 0 Å². The van der Waals surface area contributed by atoms with Crippen molar-refractivity contribution in [2.45, 2.75) is 58.3 Å². The fraction of sp³-hybridized carbons (Fsp3) is 0.611. The first kappa shape index (κ1) is 13.7. The van der Waals surface area contributed by atoms with Crippen LogP contribution in [0.2, 0.25) is 0 Å². The first-order chi connectivity index (χ1) is 9.65. The first-order valence-electron chi connectivity index (χ1n) is 7.95. The summed E-state index contributed by atoms with van der Waals surface area (Å²) in [5.74, 6) is 2.46. The van der Waals surface area contributed by atoms with Crippen LogP contribution in [0.15, 0.2) is 12.1 Å². The van der Waals surface area contributed by atoms with Crippen LogP contribution in [-0.2, 0) is 0 Å². The third kappa shape index (κ3) is 2.61. The fourth-order valence-electron chi connectivity index (χ4n) is 3.79. The number of ether oxygens (including phenoxy) is 1. The lowest BCUT2D eigenvalue weighted by Crippen LogP contribution is -2.18. The Kier molecular flexibility index (Phi) is 3.82. The Morgan fingerprint density at radius 1 is 1.30 bits per heavy atom. The lowest BCUT2D eigenvalue weighted by atomic mass is 9.86. The van der Waals surface area contributed by atoms with E-state index in [-0.39, 0.29) is 5.78 Å². The summed E-state index contributed by atoms with van der Waals surface area (Å²) in [6.45, 7) is 4.90. The van der Waals surface area contributed by atoms with Gasteiger partial charge in [-0.15, -0.1) is 0 Å². The van der Waals surface area contributed by atoms with Crippen molar-refractivity contribution in [2.75, 3.05) is 6.61 Å². The summed E-state index contributed by atoms with van der Waals surface area (Å²) in [5.41, 5.74) is 3.24. The molecule has 1 saturated carbocycles. The van der Waals surface area contributed by atoms with Crippen molar-refractivity contribution >= 4 is 5.78 Å². The van der Waals surface area contributed by atoms with Gasteiger partial charge in [0, 0.05) is 6.42 Å². The highest BCUT2D eigenvalue weighted by Gasteiger charge is 2.26. The van der Waals surface area contributed by atoms with Gasteiger partial charge in [-0.05, 0) is 42.4 Å². The van der Waals surface area contributed by atoms with Gasteiger partial charge in [-0.25, -0.2) is 0 Å². The molecule has 1 aromatic rings. The number of rotatable bonds is 3. The molecule has 0 radical (unpaired) electrons. The molecule has 1 unspecified atom stereocenters. The van der Waals surface area contributed by atoms with Crippen molar-refractivity contribution in [1.82, 2.24) is 0 Å². The minimum absolute atomic E-state index is 0.240. The number of fused-ring (bicyclic) bond motifs is 1. The highest BCUT2D eigenvalue weighted by atomic mass is 16.5. The molecule has 0 spiro atoms. The van der Waals surface area contributed by atoms with Crippen LogP contribution in [0.5, 0.6) is 5.75 Å².